The van der Waals surface area contributed by atoms with Gasteiger partial charge in [-0.05, 0) is 37.0 Å². The first-order valence-electron chi connectivity index (χ1n) is 6.44. The molecule has 2 aliphatic carbocycles. The number of rotatable bonds is 3. The quantitative estimate of drug-likeness (QED) is 0.750. The Morgan fingerprint density at radius 3 is 2.67 bits per heavy atom. The molecule has 0 saturated heterocycles. The Balaban J connectivity index is 1.99. The van der Waals surface area contributed by atoms with E-state index in [9.17, 15) is 0 Å². The molecule has 0 radical (unpaired) electrons. The van der Waals surface area contributed by atoms with Crippen molar-refractivity contribution in [2.24, 2.45) is 17.3 Å². The normalized spacial score (nSPS) is 40.4. The number of nitrogens with one attached hydrogen (secondary N) is 1. The van der Waals surface area contributed by atoms with Gasteiger partial charge in [-0.2, -0.15) is 0 Å². The number of aliphatic hydroxyl groups is 1. The molecule has 0 aromatic carbocycles. The van der Waals surface area contributed by atoms with Gasteiger partial charge in [0.1, 0.15) is 0 Å². The average Bonchev–Trinajstić information content (AvgIpc) is 2.25. The molecule has 0 bridgehead atoms. The first-order valence-corrected chi connectivity index (χ1v) is 6.44. The molecule has 2 nitrogen and oxygen atoms in total. The first kappa shape index (κ1) is 11.4. The fraction of sp³-hybridized carbons (Fsp3) is 1.00. The largest absolute Gasteiger partial charge is 0.395 e. The minimum absolute atomic E-state index is 0.247. The summed E-state index contributed by atoms with van der Waals surface area (Å²) in [6.07, 6.45) is 5.64. The Morgan fingerprint density at radius 2 is 2.00 bits per heavy atom. The van der Waals surface area contributed by atoms with Crippen molar-refractivity contribution in [3.05, 3.63) is 0 Å². The third kappa shape index (κ3) is 1.83. The second-order valence-corrected chi connectivity index (χ2v) is 6.10. The van der Waals surface area contributed by atoms with Gasteiger partial charge in [0.25, 0.3) is 0 Å². The van der Waals surface area contributed by atoms with Gasteiger partial charge < -0.3 is 10.4 Å². The lowest BCUT2D eigenvalue weighted by atomic mass is 9.47. The van der Waals surface area contributed by atoms with E-state index in [0.717, 1.165) is 11.8 Å². The van der Waals surface area contributed by atoms with Crippen LogP contribution in [0.3, 0.4) is 0 Å². The molecule has 0 aromatic rings. The van der Waals surface area contributed by atoms with E-state index < -0.39 is 0 Å². The van der Waals surface area contributed by atoms with E-state index in [4.69, 9.17) is 5.11 Å². The molecule has 4 atom stereocenters. The van der Waals surface area contributed by atoms with E-state index in [-0.39, 0.29) is 12.6 Å². The highest BCUT2D eigenvalue weighted by molar-refractivity contribution is 5.09. The van der Waals surface area contributed by atoms with Crippen molar-refractivity contribution in [2.75, 3.05) is 6.61 Å². The van der Waals surface area contributed by atoms with Crippen LogP contribution in [-0.2, 0) is 0 Å². The fourth-order valence-electron chi connectivity index (χ4n) is 3.84. The molecule has 2 N–H and O–H groups in total. The number of hydrogen-bond donors (Lipinski definition) is 2. The Morgan fingerprint density at radius 1 is 1.33 bits per heavy atom. The van der Waals surface area contributed by atoms with Crippen LogP contribution in [0.25, 0.3) is 0 Å². The van der Waals surface area contributed by atoms with E-state index in [1.807, 2.05) is 0 Å². The van der Waals surface area contributed by atoms with Crippen LogP contribution < -0.4 is 5.32 Å². The molecule has 0 amide bonds. The maximum Gasteiger partial charge on any atom is 0.0582 e. The molecule has 2 heteroatoms. The Kier molecular flexibility index (Phi) is 3.09. The summed E-state index contributed by atoms with van der Waals surface area (Å²) in [5, 5.41) is 12.7. The highest BCUT2D eigenvalue weighted by Gasteiger charge is 2.56. The van der Waals surface area contributed by atoms with Crippen LogP contribution in [-0.4, -0.2) is 23.8 Å². The maximum atomic E-state index is 9.11. The lowest BCUT2D eigenvalue weighted by Gasteiger charge is -2.61. The molecular formula is C13H25NO. The number of hydrogen-bond acceptors (Lipinski definition) is 2. The molecule has 2 saturated carbocycles. The standard InChI is InChI=1S/C13H25NO/c1-9(8-15)14-12-10-6-4-5-7-11(10)13(12,2)3/h9-12,14-15H,4-8H2,1-3H3/t9-,10+,11-,12?/m0/s1. The van der Waals surface area contributed by atoms with Gasteiger partial charge in [0.2, 0.25) is 0 Å². The van der Waals surface area contributed by atoms with Crippen LogP contribution in [0.15, 0.2) is 0 Å². The summed E-state index contributed by atoms with van der Waals surface area (Å²) >= 11 is 0. The molecular weight excluding hydrogens is 186 g/mol. The van der Waals surface area contributed by atoms with Crippen molar-refractivity contribution in [1.29, 1.82) is 0 Å². The van der Waals surface area contributed by atoms with Crippen LogP contribution >= 0.6 is 0 Å². The molecule has 0 aromatic heterocycles. The van der Waals surface area contributed by atoms with Crippen LogP contribution in [0.2, 0.25) is 0 Å². The monoisotopic (exact) mass is 211 g/mol. The summed E-state index contributed by atoms with van der Waals surface area (Å²) in [4.78, 5) is 0. The lowest BCUT2D eigenvalue weighted by molar-refractivity contribution is -0.0927. The maximum absolute atomic E-state index is 9.11. The molecule has 88 valence electrons. The van der Waals surface area contributed by atoms with E-state index in [0.29, 0.717) is 11.5 Å². The minimum atomic E-state index is 0.247. The summed E-state index contributed by atoms with van der Waals surface area (Å²) in [6.45, 7) is 7.11. The van der Waals surface area contributed by atoms with Crippen LogP contribution in [0.1, 0.15) is 46.5 Å². The molecule has 1 unspecified atom stereocenters. The van der Waals surface area contributed by atoms with E-state index in [1.54, 1.807) is 0 Å². The van der Waals surface area contributed by atoms with Gasteiger partial charge in [-0.15, -0.1) is 0 Å². The number of fused-ring (bicyclic) bond motifs is 1. The lowest BCUT2D eigenvalue weighted by Crippen LogP contribution is -2.66. The minimum Gasteiger partial charge on any atom is -0.395 e. The SMILES string of the molecule is C[C@@H](CO)NC1[C@@H]2CCCC[C@@H]2C1(C)C. The molecule has 0 aliphatic heterocycles. The predicted octanol–water partition coefficient (Wildman–Crippen LogP) is 2.17. The van der Waals surface area contributed by atoms with Gasteiger partial charge in [0.15, 0.2) is 0 Å². The van der Waals surface area contributed by atoms with Crippen molar-refractivity contribution in [2.45, 2.75) is 58.5 Å². The molecule has 2 fully saturated rings. The summed E-state index contributed by atoms with van der Waals surface area (Å²) in [5.74, 6) is 1.80. The Bertz CT molecular complexity index is 227. The van der Waals surface area contributed by atoms with Crippen LogP contribution in [0, 0.1) is 17.3 Å². The highest BCUT2D eigenvalue weighted by Crippen LogP contribution is 2.57. The third-order valence-corrected chi connectivity index (χ3v) is 4.74. The van der Waals surface area contributed by atoms with Crippen molar-refractivity contribution >= 4 is 0 Å². The molecule has 15 heavy (non-hydrogen) atoms. The van der Waals surface area contributed by atoms with E-state index in [1.165, 1.54) is 25.7 Å². The zero-order chi connectivity index (χ0) is 11.1. The average molecular weight is 211 g/mol. The molecule has 2 rings (SSSR count). The van der Waals surface area contributed by atoms with Crippen LogP contribution in [0.4, 0.5) is 0 Å². The van der Waals surface area contributed by atoms with Gasteiger partial charge in [-0.25, -0.2) is 0 Å². The summed E-state index contributed by atoms with van der Waals surface area (Å²) in [7, 11) is 0. The van der Waals surface area contributed by atoms with Crippen molar-refractivity contribution in [3.63, 3.8) is 0 Å². The first-order chi connectivity index (χ1) is 7.07. The molecule has 2 aliphatic rings. The second-order valence-electron chi connectivity index (χ2n) is 6.10. The van der Waals surface area contributed by atoms with Gasteiger partial charge in [0.05, 0.1) is 6.61 Å². The number of aliphatic hydroxyl groups excluding tert-OH is 1. The van der Waals surface area contributed by atoms with Gasteiger partial charge in [0, 0.05) is 12.1 Å². The van der Waals surface area contributed by atoms with Crippen molar-refractivity contribution in [3.8, 4) is 0 Å². The second kappa shape index (κ2) is 4.06. The highest BCUT2D eigenvalue weighted by atomic mass is 16.3. The van der Waals surface area contributed by atoms with Crippen LogP contribution in [0.5, 0.6) is 0 Å². The smallest absolute Gasteiger partial charge is 0.0582 e. The zero-order valence-corrected chi connectivity index (χ0v) is 10.3. The van der Waals surface area contributed by atoms with Crippen molar-refractivity contribution in [1.82, 2.24) is 5.32 Å². The van der Waals surface area contributed by atoms with Gasteiger partial charge >= 0.3 is 0 Å². The van der Waals surface area contributed by atoms with Crippen molar-refractivity contribution < 1.29 is 5.11 Å². The summed E-state index contributed by atoms with van der Waals surface area (Å²) in [5.41, 5.74) is 0.439. The molecule has 0 heterocycles. The van der Waals surface area contributed by atoms with E-state index >= 15 is 0 Å². The Hall–Kier alpha value is -0.0800. The third-order valence-electron chi connectivity index (χ3n) is 4.74. The zero-order valence-electron chi connectivity index (χ0n) is 10.3. The summed E-state index contributed by atoms with van der Waals surface area (Å²) < 4.78 is 0. The summed E-state index contributed by atoms with van der Waals surface area (Å²) in [6, 6.07) is 0.877. The fourth-order valence-corrected chi connectivity index (χ4v) is 3.84. The van der Waals surface area contributed by atoms with E-state index in [2.05, 4.69) is 26.1 Å². The van der Waals surface area contributed by atoms with Gasteiger partial charge in [-0.3, -0.25) is 0 Å². The van der Waals surface area contributed by atoms with Gasteiger partial charge in [-0.1, -0.05) is 26.7 Å². The predicted molar refractivity (Wildman–Crippen MR) is 62.7 cm³/mol. The molecule has 0 spiro atoms. The Labute approximate surface area is 93.5 Å². The topological polar surface area (TPSA) is 32.3 Å².